The standard InChI is InChI=1S/C23H24ClN3O4/c1-30-14-5-7-18(24)17(10-14)13-4-6-15-19(9-13)26-23(29)27(22(15)28)20-11-25-12-21-16(20)3-2-8-31-21/h5,7,10-13,15,19H,2-4,6,8-9H2,1H3,(H,26,29). The van der Waals surface area contributed by atoms with E-state index in [-0.39, 0.29) is 23.8 Å². The van der Waals surface area contributed by atoms with Crippen LogP contribution in [0.15, 0.2) is 30.6 Å². The van der Waals surface area contributed by atoms with E-state index >= 15 is 0 Å². The van der Waals surface area contributed by atoms with Crippen LogP contribution in [-0.4, -0.2) is 36.7 Å². The molecule has 31 heavy (non-hydrogen) atoms. The van der Waals surface area contributed by atoms with E-state index in [0.717, 1.165) is 36.1 Å². The Morgan fingerprint density at radius 3 is 2.97 bits per heavy atom. The number of methoxy groups -OCH3 is 1. The third-order valence-electron chi connectivity index (χ3n) is 6.61. The maximum atomic E-state index is 13.4. The molecule has 1 saturated heterocycles. The number of imide groups is 1. The molecule has 1 aromatic heterocycles. The molecule has 0 spiro atoms. The summed E-state index contributed by atoms with van der Waals surface area (Å²) in [6.07, 6.45) is 7.01. The highest BCUT2D eigenvalue weighted by Crippen LogP contribution is 2.43. The summed E-state index contributed by atoms with van der Waals surface area (Å²) >= 11 is 6.45. The lowest BCUT2D eigenvalue weighted by Crippen LogP contribution is -2.61. The van der Waals surface area contributed by atoms with Crippen molar-refractivity contribution in [2.45, 2.75) is 44.1 Å². The Labute approximate surface area is 185 Å². The molecule has 0 radical (unpaired) electrons. The van der Waals surface area contributed by atoms with Crippen molar-refractivity contribution in [1.29, 1.82) is 0 Å². The Hall–Kier alpha value is -2.80. The molecule has 162 valence electrons. The Morgan fingerprint density at radius 1 is 1.26 bits per heavy atom. The molecule has 1 aromatic carbocycles. The van der Waals surface area contributed by atoms with Gasteiger partial charge in [0.25, 0.3) is 0 Å². The highest BCUT2D eigenvalue weighted by atomic mass is 35.5. The fourth-order valence-electron chi connectivity index (χ4n) is 5.04. The van der Waals surface area contributed by atoms with Crippen LogP contribution in [-0.2, 0) is 11.2 Å². The normalized spacial score (nSPS) is 25.2. The van der Waals surface area contributed by atoms with E-state index in [4.69, 9.17) is 21.1 Å². The van der Waals surface area contributed by atoms with Crippen molar-refractivity contribution in [3.05, 3.63) is 46.7 Å². The van der Waals surface area contributed by atoms with E-state index in [1.807, 2.05) is 18.2 Å². The number of carbonyl (C=O) groups is 2. The van der Waals surface area contributed by atoms with Crippen LogP contribution in [0.5, 0.6) is 11.5 Å². The summed E-state index contributed by atoms with van der Waals surface area (Å²) in [7, 11) is 1.63. The zero-order chi connectivity index (χ0) is 21.5. The molecule has 7 nitrogen and oxygen atoms in total. The van der Waals surface area contributed by atoms with E-state index in [9.17, 15) is 9.59 Å². The van der Waals surface area contributed by atoms with E-state index in [1.54, 1.807) is 19.5 Å². The maximum absolute atomic E-state index is 13.4. The van der Waals surface area contributed by atoms with Crippen LogP contribution in [0.2, 0.25) is 5.02 Å². The quantitative estimate of drug-likeness (QED) is 0.776. The molecule has 2 fully saturated rings. The SMILES string of the molecule is COc1ccc(Cl)c(C2CCC3C(=O)N(c4cncc5c4CCCO5)C(=O)NC3C2)c1. The van der Waals surface area contributed by atoms with Crippen molar-refractivity contribution in [3.8, 4) is 11.5 Å². The lowest BCUT2D eigenvalue weighted by atomic mass is 9.74. The van der Waals surface area contributed by atoms with Crippen LogP contribution < -0.4 is 19.7 Å². The molecular formula is C23H24ClN3O4. The van der Waals surface area contributed by atoms with Crippen LogP contribution in [0.1, 0.15) is 42.7 Å². The molecule has 0 bridgehead atoms. The lowest BCUT2D eigenvalue weighted by Gasteiger charge is -2.43. The Balaban J connectivity index is 1.40. The van der Waals surface area contributed by atoms with Crippen LogP contribution in [0.3, 0.4) is 0 Å². The van der Waals surface area contributed by atoms with Crippen molar-refractivity contribution in [2.24, 2.45) is 5.92 Å². The molecule has 1 saturated carbocycles. The number of benzene rings is 1. The second-order valence-electron chi connectivity index (χ2n) is 8.32. The molecule has 1 N–H and O–H groups in total. The minimum absolute atomic E-state index is 0.156. The highest BCUT2D eigenvalue weighted by molar-refractivity contribution is 6.31. The first-order valence-corrected chi connectivity index (χ1v) is 11.0. The summed E-state index contributed by atoms with van der Waals surface area (Å²) in [5.41, 5.74) is 2.42. The molecule has 2 aliphatic heterocycles. The second-order valence-corrected chi connectivity index (χ2v) is 8.73. The number of halogens is 1. The third kappa shape index (κ3) is 3.51. The molecule has 3 unspecified atom stereocenters. The molecule has 5 rings (SSSR count). The van der Waals surface area contributed by atoms with Gasteiger partial charge in [-0.3, -0.25) is 9.78 Å². The molecule has 3 heterocycles. The first-order valence-electron chi connectivity index (χ1n) is 10.6. The number of urea groups is 1. The van der Waals surface area contributed by atoms with E-state index in [2.05, 4.69) is 10.3 Å². The van der Waals surface area contributed by atoms with Gasteiger partial charge in [0.2, 0.25) is 5.91 Å². The van der Waals surface area contributed by atoms with Gasteiger partial charge >= 0.3 is 6.03 Å². The fourth-order valence-corrected chi connectivity index (χ4v) is 5.32. The smallest absolute Gasteiger partial charge is 0.329 e. The Morgan fingerprint density at radius 2 is 2.13 bits per heavy atom. The van der Waals surface area contributed by atoms with Gasteiger partial charge in [0.05, 0.1) is 37.7 Å². The van der Waals surface area contributed by atoms with E-state index in [0.29, 0.717) is 35.9 Å². The average Bonchev–Trinajstić information content (AvgIpc) is 2.79. The third-order valence-corrected chi connectivity index (χ3v) is 6.95. The number of nitrogens with one attached hydrogen (secondary N) is 1. The molecule has 8 heteroatoms. The van der Waals surface area contributed by atoms with Crippen molar-refractivity contribution in [3.63, 3.8) is 0 Å². The van der Waals surface area contributed by atoms with E-state index in [1.165, 1.54) is 4.90 Å². The first-order chi connectivity index (χ1) is 15.1. The van der Waals surface area contributed by atoms with Gasteiger partial charge in [0.15, 0.2) is 0 Å². The van der Waals surface area contributed by atoms with Gasteiger partial charge in [-0.1, -0.05) is 11.6 Å². The molecule has 1 aliphatic carbocycles. The molecular weight excluding hydrogens is 418 g/mol. The summed E-state index contributed by atoms with van der Waals surface area (Å²) in [5.74, 6) is 1.13. The summed E-state index contributed by atoms with van der Waals surface area (Å²) < 4.78 is 11.0. The van der Waals surface area contributed by atoms with Crippen LogP contribution >= 0.6 is 11.6 Å². The number of fused-ring (bicyclic) bond motifs is 2. The fraction of sp³-hybridized carbons (Fsp3) is 0.435. The zero-order valence-corrected chi connectivity index (χ0v) is 18.0. The first kappa shape index (κ1) is 20.1. The average molecular weight is 442 g/mol. The predicted molar refractivity (Wildman–Crippen MR) is 116 cm³/mol. The van der Waals surface area contributed by atoms with Crippen LogP contribution in [0.4, 0.5) is 10.5 Å². The number of hydrogen-bond acceptors (Lipinski definition) is 5. The van der Waals surface area contributed by atoms with Crippen molar-refractivity contribution in [1.82, 2.24) is 10.3 Å². The maximum Gasteiger partial charge on any atom is 0.329 e. The minimum atomic E-state index is -0.399. The van der Waals surface area contributed by atoms with Gasteiger partial charge < -0.3 is 14.8 Å². The second kappa shape index (κ2) is 8.04. The summed E-state index contributed by atoms with van der Waals surface area (Å²) in [6, 6.07) is 5.00. The monoisotopic (exact) mass is 441 g/mol. The Kier molecular flexibility index (Phi) is 5.22. The van der Waals surface area contributed by atoms with Crippen molar-refractivity contribution < 1.29 is 19.1 Å². The predicted octanol–water partition coefficient (Wildman–Crippen LogP) is 4.08. The van der Waals surface area contributed by atoms with Crippen LogP contribution in [0, 0.1) is 5.92 Å². The van der Waals surface area contributed by atoms with Gasteiger partial charge in [0.1, 0.15) is 11.5 Å². The topological polar surface area (TPSA) is 80.8 Å². The number of nitrogens with zero attached hydrogens (tertiary/aromatic N) is 2. The largest absolute Gasteiger partial charge is 0.497 e. The number of anilines is 1. The minimum Gasteiger partial charge on any atom is -0.497 e. The number of aromatic nitrogens is 1. The van der Waals surface area contributed by atoms with Gasteiger partial charge in [-0.15, -0.1) is 0 Å². The van der Waals surface area contributed by atoms with Gasteiger partial charge in [0, 0.05) is 16.6 Å². The summed E-state index contributed by atoms with van der Waals surface area (Å²) in [4.78, 5) is 31.9. The van der Waals surface area contributed by atoms with Gasteiger partial charge in [-0.25, -0.2) is 9.69 Å². The number of hydrogen-bond donors (Lipinski definition) is 1. The Bertz CT molecular complexity index is 1040. The number of ether oxygens (including phenoxy) is 2. The number of rotatable bonds is 3. The van der Waals surface area contributed by atoms with Gasteiger partial charge in [-0.2, -0.15) is 0 Å². The van der Waals surface area contributed by atoms with Crippen molar-refractivity contribution in [2.75, 3.05) is 18.6 Å². The number of pyridine rings is 1. The zero-order valence-electron chi connectivity index (χ0n) is 17.3. The summed E-state index contributed by atoms with van der Waals surface area (Å²) in [5, 5.41) is 3.76. The number of amides is 3. The summed E-state index contributed by atoms with van der Waals surface area (Å²) in [6.45, 7) is 0.622. The molecule has 3 atom stereocenters. The van der Waals surface area contributed by atoms with Crippen LogP contribution in [0.25, 0.3) is 0 Å². The highest BCUT2D eigenvalue weighted by Gasteiger charge is 2.46. The lowest BCUT2D eigenvalue weighted by molar-refractivity contribution is -0.124. The van der Waals surface area contributed by atoms with Crippen molar-refractivity contribution >= 4 is 29.2 Å². The molecule has 3 aliphatic rings. The molecule has 2 aromatic rings. The molecule has 3 amide bonds. The van der Waals surface area contributed by atoms with E-state index < -0.39 is 6.03 Å². The van der Waals surface area contributed by atoms with Gasteiger partial charge in [-0.05, 0) is 61.8 Å². The number of carbonyl (C=O) groups excluding carboxylic acids is 2.